The Bertz CT molecular complexity index is 487. The number of esters is 1. The number of carbonyl (C=O) groups excluding carboxylic acids is 1. The molecule has 0 heterocycles. The van der Waals surface area contributed by atoms with E-state index in [2.05, 4.69) is 13.8 Å². The molecule has 4 heteroatoms. The lowest BCUT2D eigenvalue weighted by atomic mass is 9.80. The van der Waals surface area contributed by atoms with E-state index in [1.54, 1.807) is 25.3 Å². The molecule has 0 amide bonds. The Hall–Kier alpha value is -1.71. The van der Waals surface area contributed by atoms with E-state index < -0.39 is 0 Å². The summed E-state index contributed by atoms with van der Waals surface area (Å²) in [6, 6.07) is 4.99. The molecule has 4 nitrogen and oxygen atoms in total. The molecule has 2 N–H and O–H groups in total. The molecule has 0 spiro atoms. The van der Waals surface area contributed by atoms with Gasteiger partial charge in [0.1, 0.15) is 11.9 Å². The SMILES string of the molecule is COc1ccc(C(=O)OC2CCC(C)C(C)C2)cc1N. The number of anilines is 1. The smallest absolute Gasteiger partial charge is 0.338 e. The van der Waals surface area contributed by atoms with Gasteiger partial charge in [-0.25, -0.2) is 4.79 Å². The Morgan fingerprint density at radius 2 is 2.00 bits per heavy atom. The van der Waals surface area contributed by atoms with Gasteiger partial charge in [0.25, 0.3) is 0 Å². The lowest BCUT2D eigenvalue weighted by Crippen LogP contribution is -2.28. The molecule has 0 aliphatic heterocycles. The summed E-state index contributed by atoms with van der Waals surface area (Å²) in [6.45, 7) is 4.48. The molecule has 1 saturated carbocycles. The van der Waals surface area contributed by atoms with Crippen LogP contribution in [-0.2, 0) is 4.74 Å². The van der Waals surface area contributed by atoms with Crippen LogP contribution in [0.25, 0.3) is 0 Å². The van der Waals surface area contributed by atoms with Crippen molar-refractivity contribution in [3.8, 4) is 5.75 Å². The van der Waals surface area contributed by atoms with Crippen LogP contribution < -0.4 is 10.5 Å². The van der Waals surface area contributed by atoms with Gasteiger partial charge in [-0.3, -0.25) is 0 Å². The number of hydrogen-bond acceptors (Lipinski definition) is 4. The predicted octanol–water partition coefficient (Wildman–Crippen LogP) is 3.26. The van der Waals surface area contributed by atoms with Crippen molar-refractivity contribution in [3.05, 3.63) is 23.8 Å². The van der Waals surface area contributed by atoms with Crippen LogP contribution in [-0.4, -0.2) is 19.2 Å². The number of carbonyl (C=O) groups is 1. The first-order valence-corrected chi connectivity index (χ1v) is 7.15. The first-order valence-electron chi connectivity index (χ1n) is 7.15. The molecule has 3 unspecified atom stereocenters. The summed E-state index contributed by atoms with van der Waals surface area (Å²) in [5, 5.41) is 0. The van der Waals surface area contributed by atoms with Gasteiger partial charge in [0, 0.05) is 0 Å². The fraction of sp³-hybridized carbons (Fsp3) is 0.562. The monoisotopic (exact) mass is 277 g/mol. The molecule has 0 radical (unpaired) electrons. The quantitative estimate of drug-likeness (QED) is 0.680. The highest BCUT2D eigenvalue weighted by atomic mass is 16.5. The lowest BCUT2D eigenvalue weighted by Gasteiger charge is -2.31. The second kappa shape index (κ2) is 6.16. The van der Waals surface area contributed by atoms with Gasteiger partial charge in [0.15, 0.2) is 0 Å². The van der Waals surface area contributed by atoms with Crippen molar-refractivity contribution in [1.82, 2.24) is 0 Å². The number of nitrogens with two attached hydrogens (primary N) is 1. The van der Waals surface area contributed by atoms with E-state index in [0.29, 0.717) is 28.8 Å². The summed E-state index contributed by atoms with van der Waals surface area (Å²) in [5.41, 5.74) is 6.74. The minimum Gasteiger partial charge on any atom is -0.495 e. The molecule has 1 aromatic rings. The largest absolute Gasteiger partial charge is 0.495 e. The van der Waals surface area contributed by atoms with Crippen molar-refractivity contribution in [2.75, 3.05) is 12.8 Å². The topological polar surface area (TPSA) is 61.5 Å². The summed E-state index contributed by atoms with van der Waals surface area (Å²) in [6.07, 6.45) is 3.03. The third kappa shape index (κ3) is 3.24. The Kier molecular flexibility index (Phi) is 4.53. The average Bonchev–Trinajstić information content (AvgIpc) is 2.42. The van der Waals surface area contributed by atoms with Crippen LogP contribution in [0.5, 0.6) is 5.75 Å². The van der Waals surface area contributed by atoms with E-state index in [1.807, 2.05) is 0 Å². The zero-order valence-electron chi connectivity index (χ0n) is 12.4. The van der Waals surface area contributed by atoms with Crippen LogP contribution in [0.1, 0.15) is 43.5 Å². The maximum atomic E-state index is 12.1. The fourth-order valence-corrected chi connectivity index (χ4v) is 2.69. The van der Waals surface area contributed by atoms with E-state index in [9.17, 15) is 4.79 Å². The number of ether oxygens (including phenoxy) is 2. The van der Waals surface area contributed by atoms with Gasteiger partial charge < -0.3 is 15.2 Å². The highest BCUT2D eigenvalue weighted by Gasteiger charge is 2.27. The van der Waals surface area contributed by atoms with Gasteiger partial charge in [-0.1, -0.05) is 13.8 Å². The molecule has 1 aromatic carbocycles. The van der Waals surface area contributed by atoms with Gasteiger partial charge in [-0.05, 0) is 49.3 Å². The number of nitrogen functional groups attached to an aromatic ring is 1. The van der Waals surface area contributed by atoms with Gasteiger partial charge in [-0.2, -0.15) is 0 Å². The molecule has 0 bridgehead atoms. The molecule has 20 heavy (non-hydrogen) atoms. The van der Waals surface area contributed by atoms with Crippen LogP contribution in [0.15, 0.2) is 18.2 Å². The minimum absolute atomic E-state index is 0.0250. The summed E-state index contributed by atoms with van der Waals surface area (Å²) in [7, 11) is 1.55. The molecule has 110 valence electrons. The van der Waals surface area contributed by atoms with Gasteiger partial charge in [0.05, 0.1) is 18.4 Å². The molecule has 3 atom stereocenters. The molecular formula is C16H23NO3. The third-order valence-corrected chi connectivity index (χ3v) is 4.29. The van der Waals surface area contributed by atoms with Crippen LogP contribution in [0.2, 0.25) is 0 Å². The first-order chi connectivity index (χ1) is 9.51. The van der Waals surface area contributed by atoms with Gasteiger partial charge >= 0.3 is 5.97 Å². The highest BCUT2D eigenvalue weighted by molar-refractivity contribution is 5.91. The maximum Gasteiger partial charge on any atom is 0.338 e. The van der Waals surface area contributed by atoms with Crippen LogP contribution in [0.4, 0.5) is 5.69 Å². The first kappa shape index (κ1) is 14.7. The molecule has 0 aromatic heterocycles. The minimum atomic E-state index is -0.300. The summed E-state index contributed by atoms with van der Waals surface area (Å²) in [5.74, 6) is 1.58. The van der Waals surface area contributed by atoms with Gasteiger partial charge in [-0.15, -0.1) is 0 Å². The fourth-order valence-electron chi connectivity index (χ4n) is 2.69. The van der Waals surface area contributed by atoms with Crippen molar-refractivity contribution in [2.24, 2.45) is 11.8 Å². The molecular weight excluding hydrogens is 254 g/mol. The summed E-state index contributed by atoms with van der Waals surface area (Å²) >= 11 is 0. The van der Waals surface area contributed by atoms with E-state index in [-0.39, 0.29) is 12.1 Å². The summed E-state index contributed by atoms with van der Waals surface area (Å²) < 4.78 is 10.7. The van der Waals surface area contributed by atoms with E-state index in [0.717, 1.165) is 19.3 Å². The maximum absolute atomic E-state index is 12.1. The zero-order chi connectivity index (χ0) is 14.7. The Morgan fingerprint density at radius 1 is 1.25 bits per heavy atom. The van der Waals surface area contributed by atoms with Crippen molar-refractivity contribution < 1.29 is 14.3 Å². The van der Waals surface area contributed by atoms with E-state index in [4.69, 9.17) is 15.2 Å². The van der Waals surface area contributed by atoms with Crippen molar-refractivity contribution >= 4 is 11.7 Å². The van der Waals surface area contributed by atoms with E-state index in [1.165, 1.54) is 0 Å². The Balaban J connectivity index is 2.00. The lowest BCUT2D eigenvalue weighted by molar-refractivity contribution is 0.00879. The summed E-state index contributed by atoms with van der Waals surface area (Å²) in [4.78, 5) is 12.1. The highest BCUT2D eigenvalue weighted by Crippen LogP contribution is 2.31. The van der Waals surface area contributed by atoms with Gasteiger partial charge in [0.2, 0.25) is 0 Å². The van der Waals surface area contributed by atoms with Crippen LogP contribution >= 0.6 is 0 Å². The molecule has 2 rings (SSSR count). The van der Waals surface area contributed by atoms with Crippen LogP contribution in [0.3, 0.4) is 0 Å². The third-order valence-electron chi connectivity index (χ3n) is 4.29. The second-order valence-corrected chi connectivity index (χ2v) is 5.75. The zero-order valence-corrected chi connectivity index (χ0v) is 12.4. The Morgan fingerprint density at radius 3 is 2.60 bits per heavy atom. The normalized spacial score (nSPS) is 26.1. The number of methoxy groups -OCH3 is 1. The predicted molar refractivity (Wildman–Crippen MR) is 78.8 cm³/mol. The number of hydrogen-bond donors (Lipinski definition) is 1. The van der Waals surface area contributed by atoms with Crippen molar-refractivity contribution in [3.63, 3.8) is 0 Å². The van der Waals surface area contributed by atoms with Crippen molar-refractivity contribution in [2.45, 2.75) is 39.2 Å². The standard InChI is InChI=1S/C16H23NO3/c1-10-4-6-13(8-11(10)2)20-16(18)12-5-7-15(19-3)14(17)9-12/h5,7,9-11,13H,4,6,8,17H2,1-3H3. The van der Waals surface area contributed by atoms with E-state index >= 15 is 0 Å². The van der Waals surface area contributed by atoms with Crippen molar-refractivity contribution in [1.29, 1.82) is 0 Å². The second-order valence-electron chi connectivity index (χ2n) is 5.75. The average molecular weight is 277 g/mol. The number of benzene rings is 1. The molecule has 0 saturated heterocycles. The van der Waals surface area contributed by atoms with Crippen LogP contribution in [0, 0.1) is 11.8 Å². The molecule has 1 aliphatic carbocycles. The molecule has 1 fully saturated rings. The Labute approximate surface area is 120 Å². The molecule has 1 aliphatic rings. The number of rotatable bonds is 3.